The lowest BCUT2D eigenvalue weighted by atomic mass is 9.41. The van der Waals surface area contributed by atoms with E-state index >= 15 is 4.79 Å². The van der Waals surface area contributed by atoms with Crippen molar-refractivity contribution in [3.05, 3.63) is 11.8 Å². The molecule has 1 N–H and O–H groups in total. The summed E-state index contributed by atoms with van der Waals surface area (Å²) >= 11 is 0. The molecule has 6 fully saturated rings. The van der Waals surface area contributed by atoms with E-state index in [9.17, 15) is 33.9 Å². The highest BCUT2D eigenvalue weighted by Gasteiger charge is 2.84. The molecular weight excluding hydrogens is 744 g/mol. The number of carbonyl (C=O) groups excluding carboxylic acids is 7. The lowest BCUT2D eigenvalue weighted by Crippen LogP contribution is -2.75. The van der Waals surface area contributed by atoms with Gasteiger partial charge in [0.25, 0.3) is 0 Å². The Kier molecular flexibility index (Phi) is 9.67. The number of Topliss-reactive ketones (excluding diaryl/α,β-unsaturated/α-hetero) is 1. The fourth-order valence-corrected chi connectivity index (χ4v) is 12.8. The number of hydrogen-bond acceptors (Lipinski definition) is 15. The van der Waals surface area contributed by atoms with Crippen molar-refractivity contribution in [2.45, 2.75) is 138 Å². The lowest BCUT2D eigenvalue weighted by molar-refractivity contribution is -0.274. The van der Waals surface area contributed by atoms with E-state index in [0.717, 1.165) is 0 Å². The van der Waals surface area contributed by atoms with Crippen LogP contribution >= 0.6 is 0 Å². The van der Waals surface area contributed by atoms with Gasteiger partial charge in [0.1, 0.15) is 30.2 Å². The maximum Gasteiger partial charge on any atom is 0.356 e. The molecule has 0 radical (unpaired) electrons. The molecule has 18 atom stereocenters. The number of carbonyl (C=O) groups is 7. The van der Waals surface area contributed by atoms with Crippen LogP contribution in [0, 0.1) is 69.5 Å². The number of allylic oxidation sites excluding steroid dienone is 1. The first-order valence-corrected chi connectivity index (χ1v) is 20.2. The van der Waals surface area contributed by atoms with Crippen molar-refractivity contribution in [3.8, 4) is 0 Å². The van der Waals surface area contributed by atoms with Crippen molar-refractivity contribution >= 4 is 41.6 Å². The summed E-state index contributed by atoms with van der Waals surface area (Å²) in [4.78, 5) is 95.7. The van der Waals surface area contributed by atoms with E-state index in [4.69, 9.17) is 33.2 Å². The van der Waals surface area contributed by atoms with Gasteiger partial charge in [-0.05, 0) is 38.2 Å². The third kappa shape index (κ3) is 5.52. The lowest BCUT2D eigenvalue weighted by Gasteiger charge is -2.65. The van der Waals surface area contributed by atoms with Crippen LogP contribution in [0.3, 0.4) is 0 Å². The minimum Gasteiger partial charge on any atom is -0.459 e. The second kappa shape index (κ2) is 13.3. The summed E-state index contributed by atoms with van der Waals surface area (Å²) in [7, 11) is 0. The zero-order chi connectivity index (χ0) is 42.2. The van der Waals surface area contributed by atoms with E-state index in [1.54, 1.807) is 47.6 Å². The first-order valence-electron chi connectivity index (χ1n) is 20.2. The summed E-state index contributed by atoms with van der Waals surface area (Å²) in [5, 5.41) is 13.3. The molecular formula is C42H56O15. The standard InChI is InChI=1S/C42H56O15/c1-15(2)36(48)56-32-24-26-30(47)28-25(17(5)13-23-41(28,11)42(12,38(50)55-23)57-37(49)16(3)4)40(26,10)35(53-20(8)45)33(51-18(6)43)27(24)39(9)21(29(32)46)14-22-31(54-22)34(39)52-19(7)44/h13,15-17,21-22,24-28,30-35,47H,14H2,1-12H3/t17-,21-,22+,24+,25+,26-,27-,28+,30-,31+,32-,33+,34+,35+,39+,40-,41+,42-/m1/s1. The molecule has 0 aromatic rings. The number of fused-ring (bicyclic) bond motifs is 10. The molecule has 0 unspecified atom stereocenters. The van der Waals surface area contributed by atoms with E-state index in [1.165, 1.54) is 27.7 Å². The molecule has 57 heavy (non-hydrogen) atoms. The predicted octanol–water partition coefficient (Wildman–Crippen LogP) is 3.26. The summed E-state index contributed by atoms with van der Waals surface area (Å²) in [5.41, 5.74) is -6.20. The van der Waals surface area contributed by atoms with Crippen LogP contribution in [0.5, 0.6) is 0 Å². The molecule has 15 heteroatoms. The largest absolute Gasteiger partial charge is 0.459 e. The van der Waals surface area contributed by atoms with E-state index in [-0.39, 0.29) is 12.2 Å². The summed E-state index contributed by atoms with van der Waals surface area (Å²) in [6, 6.07) is 0. The highest BCUT2D eigenvalue weighted by molar-refractivity contribution is 5.91. The van der Waals surface area contributed by atoms with Crippen molar-refractivity contribution in [2.24, 2.45) is 69.5 Å². The number of aliphatic hydroxyl groups excluding tert-OH is 1. The van der Waals surface area contributed by atoms with Crippen LogP contribution in [-0.2, 0) is 66.7 Å². The van der Waals surface area contributed by atoms with Crippen LogP contribution in [-0.4, -0.2) is 95.0 Å². The van der Waals surface area contributed by atoms with Gasteiger partial charge in [-0.15, -0.1) is 0 Å². The van der Waals surface area contributed by atoms with Gasteiger partial charge >= 0.3 is 35.8 Å². The van der Waals surface area contributed by atoms with Gasteiger partial charge in [0.2, 0.25) is 5.60 Å². The van der Waals surface area contributed by atoms with E-state index in [0.29, 0.717) is 0 Å². The summed E-state index contributed by atoms with van der Waals surface area (Å²) in [6.45, 7) is 18.8. The van der Waals surface area contributed by atoms with Gasteiger partial charge in [-0.2, -0.15) is 0 Å². The monoisotopic (exact) mass is 800 g/mol. The van der Waals surface area contributed by atoms with Crippen molar-refractivity contribution < 1.29 is 71.8 Å². The number of ether oxygens (including phenoxy) is 7. The zero-order valence-electron chi connectivity index (χ0n) is 34.7. The van der Waals surface area contributed by atoms with E-state index in [2.05, 4.69) is 0 Å². The average molecular weight is 801 g/mol. The molecule has 2 heterocycles. The smallest absolute Gasteiger partial charge is 0.356 e. The highest BCUT2D eigenvalue weighted by Crippen LogP contribution is 2.76. The Hall–Kier alpha value is -3.85. The Bertz CT molecular complexity index is 1840. The number of esters is 6. The third-order valence-electron chi connectivity index (χ3n) is 15.2. The van der Waals surface area contributed by atoms with Gasteiger partial charge in [-0.25, -0.2) is 4.79 Å². The minimum atomic E-state index is -1.94. The molecule has 0 spiro atoms. The maximum absolute atomic E-state index is 15.2. The van der Waals surface area contributed by atoms with Crippen LogP contribution in [0.15, 0.2) is 11.8 Å². The molecule has 15 nitrogen and oxygen atoms in total. The van der Waals surface area contributed by atoms with Crippen LogP contribution in [0.4, 0.5) is 0 Å². The highest BCUT2D eigenvalue weighted by atomic mass is 16.6. The molecule has 0 bridgehead atoms. The topological polar surface area (TPSA) is 208 Å². The predicted molar refractivity (Wildman–Crippen MR) is 194 cm³/mol. The van der Waals surface area contributed by atoms with Crippen molar-refractivity contribution in [1.29, 1.82) is 0 Å². The Morgan fingerprint density at radius 1 is 0.772 bits per heavy atom. The summed E-state index contributed by atoms with van der Waals surface area (Å²) in [5.74, 6) is -12.1. The first kappa shape index (κ1) is 41.3. The molecule has 0 aromatic carbocycles. The molecule has 2 saturated heterocycles. The molecule has 5 aliphatic carbocycles. The second-order valence-electron chi connectivity index (χ2n) is 19.0. The maximum atomic E-state index is 15.2. The third-order valence-corrected chi connectivity index (χ3v) is 15.2. The van der Waals surface area contributed by atoms with Gasteiger partial charge in [-0.1, -0.05) is 48.5 Å². The van der Waals surface area contributed by atoms with Crippen molar-refractivity contribution in [3.63, 3.8) is 0 Å². The Labute approximate surface area is 332 Å². The number of hydrogen-bond donors (Lipinski definition) is 1. The van der Waals surface area contributed by atoms with Gasteiger partial charge in [0.15, 0.2) is 11.9 Å². The van der Waals surface area contributed by atoms with Gasteiger partial charge in [0.05, 0.1) is 29.5 Å². The van der Waals surface area contributed by atoms with Gasteiger partial charge in [-0.3, -0.25) is 28.8 Å². The normalized spacial score (nSPS) is 47.5. The molecule has 7 rings (SSSR count). The summed E-state index contributed by atoms with van der Waals surface area (Å²) < 4.78 is 42.9. The Balaban J connectivity index is 1.52. The first-order chi connectivity index (χ1) is 26.4. The fraction of sp³-hybridized carbons (Fsp3) is 0.786. The molecule has 314 valence electrons. The number of aliphatic hydroxyl groups is 1. The summed E-state index contributed by atoms with van der Waals surface area (Å²) in [6.07, 6.45) is -5.69. The molecule has 2 aliphatic heterocycles. The van der Waals surface area contributed by atoms with Crippen LogP contribution < -0.4 is 0 Å². The fourth-order valence-electron chi connectivity index (χ4n) is 12.8. The van der Waals surface area contributed by atoms with Gasteiger partial charge in [0, 0.05) is 61.2 Å². The van der Waals surface area contributed by atoms with Crippen LogP contribution in [0.2, 0.25) is 0 Å². The number of ketones is 1. The second-order valence-corrected chi connectivity index (χ2v) is 19.0. The zero-order valence-corrected chi connectivity index (χ0v) is 34.7. The SMILES string of the molecule is CC(=O)O[C@H]1[C@H]2[C@H]([C@@H]3[C@@H](O)[C@@H]4[C@H]([C@H](C)C=C5OC(=O)[C@@](C)(OC(=O)C(C)C)[C@@]54C)[C@@]3(C)[C@H]1OC(C)=O)[C@@H](OC(=O)C(C)C)C(=O)[C@H]1C[C@@H]3O[C@@H]3[C@H](OC(C)=O)[C@]21C. The number of epoxide rings is 1. The molecule has 7 aliphatic rings. The van der Waals surface area contributed by atoms with E-state index in [1.807, 2.05) is 13.8 Å². The van der Waals surface area contributed by atoms with Crippen LogP contribution in [0.25, 0.3) is 0 Å². The Morgan fingerprint density at radius 2 is 1.35 bits per heavy atom. The minimum absolute atomic E-state index is 0.193. The quantitative estimate of drug-likeness (QED) is 0.223. The molecule has 0 amide bonds. The van der Waals surface area contributed by atoms with Crippen LogP contribution in [0.1, 0.15) is 89.5 Å². The van der Waals surface area contributed by atoms with E-state index < -0.39 is 159 Å². The Morgan fingerprint density at radius 3 is 1.91 bits per heavy atom. The van der Waals surface area contributed by atoms with Gasteiger partial charge < -0.3 is 38.3 Å². The molecule has 4 saturated carbocycles. The number of rotatable bonds is 7. The molecule has 0 aromatic heterocycles. The van der Waals surface area contributed by atoms with Crippen molar-refractivity contribution in [2.75, 3.05) is 0 Å². The van der Waals surface area contributed by atoms with Crippen molar-refractivity contribution in [1.82, 2.24) is 0 Å². The average Bonchev–Trinajstić information content (AvgIpc) is 3.79.